The standard InChI is InChI=1S/C23H32N4O2/c1-3-21-24-19-9-5-6-10-20(19)27(21)18-11-14-25(15-12-18)23(29)17-8-7-13-26(16-17)22(28)4-2/h5-6,9-10,17-18H,3-4,7-8,11-16H2,1-2H3/t17-/m0/s1. The van der Waals surface area contributed by atoms with Gasteiger partial charge in [0.2, 0.25) is 11.8 Å². The number of likely N-dealkylation sites (tertiary alicyclic amines) is 2. The van der Waals surface area contributed by atoms with Crippen LogP contribution in [-0.2, 0) is 16.0 Å². The highest BCUT2D eigenvalue weighted by Crippen LogP contribution is 2.30. The smallest absolute Gasteiger partial charge is 0.227 e. The Hall–Kier alpha value is -2.37. The Labute approximate surface area is 172 Å². The van der Waals surface area contributed by atoms with E-state index in [0.29, 0.717) is 19.0 Å². The molecule has 156 valence electrons. The summed E-state index contributed by atoms with van der Waals surface area (Å²) >= 11 is 0. The van der Waals surface area contributed by atoms with Crippen LogP contribution in [0.15, 0.2) is 24.3 Å². The summed E-state index contributed by atoms with van der Waals surface area (Å²) in [5.41, 5.74) is 2.26. The summed E-state index contributed by atoms with van der Waals surface area (Å²) in [5.74, 6) is 1.51. The molecule has 0 spiro atoms. The van der Waals surface area contributed by atoms with Gasteiger partial charge < -0.3 is 14.4 Å². The van der Waals surface area contributed by atoms with Crippen molar-refractivity contribution in [3.05, 3.63) is 30.1 Å². The summed E-state index contributed by atoms with van der Waals surface area (Å²) in [4.78, 5) is 33.9. The van der Waals surface area contributed by atoms with Crippen LogP contribution in [0.1, 0.15) is 57.8 Å². The molecule has 2 amide bonds. The number of carbonyl (C=O) groups is 2. The first-order valence-electron chi connectivity index (χ1n) is 11.1. The Morgan fingerprint density at radius 3 is 2.52 bits per heavy atom. The van der Waals surface area contributed by atoms with Gasteiger partial charge in [-0.05, 0) is 37.8 Å². The van der Waals surface area contributed by atoms with Crippen LogP contribution in [0.2, 0.25) is 0 Å². The molecule has 3 heterocycles. The van der Waals surface area contributed by atoms with Crippen molar-refractivity contribution < 1.29 is 9.59 Å². The lowest BCUT2D eigenvalue weighted by atomic mass is 9.94. The van der Waals surface area contributed by atoms with E-state index in [1.807, 2.05) is 22.8 Å². The highest BCUT2D eigenvalue weighted by Gasteiger charge is 2.33. The SMILES string of the molecule is CCC(=O)N1CCC[C@H](C(=O)N2CCC(n3c(CC)nc4ccccc43)CC2)C1. The number of para-hydroxylation sites is 2. The van der Waals surface area contributed by atoms with Gasteiger partial charge in [0.25, 0.3) is 0 Å². The predicted octanol–water partition coefficient (Wildman–Crippen LogP) is 3.41. The number of carbonyl (C=O) groups excluding carboxylic acids is 2. The molecule has 2 aromatic rings. The van der Waals surface area contributed by atoms with Crippen LogP contribution in [0, 0.1) is 5.92 Å². The minimum atomic E-state index is -0.0314. The van der Waals surface area contributed by atoms with Crippen LogP contribution in [0.5, 0.6) is 0 Å². The molecule has 6 nitrogen and oxygen atoms in total. The first-order chi connectivity index (χ1) is 14.1. The third-order valence-electron chi connectivity index (χ3n) is 6.55. The van der Waals surface area contributed by atoms with Gasteiger partial charge in [-0.15, -0.1) is 0 Å². The summed E-state index contributed by atoms with van der Waals surface area (Å²) in [7, 11) is 0. The molecular formula is C23H32N4O2. The van der Waals surface area contributed by atoms with E-state index in [1.54, 1.807) is 0 Å². The normalized spacial score (nSPS) is 21.0. The van der Waals surface area contributed by atoms with Gasteiger partial charge >= 0.3 is 0 Å². The molecule has 2 fully saturated rings. The van der Waals surface area contributed by atoms with Crippen molar-refractivity contribution in [2.45, 2.75) is 58.4 Å². The molecule has 2 aliphatic heterocycles. The zero-order valence-electron chi connectivity index (χ0n) is 17.6. The molecule has 0 saturated carbocycles. The number of benzene rings is 1. The summed E-state index contributed by atoms with van der Waals surface area (Å²) in [6.45, 7) is 7.02. The van der Waals surface area contributed by atoms with Crippen molar-refractivity contribution in [2.24, 2.45) is 5.92 Å². The second kappa shape index (κ2) is 8.56. The Morgan fingerprint density at radius 2 is 1.79 bits per heavy atom. The summed E-state index contributed by atoms with van der Waals surface area (Å²) in [6.07, 6.45) is 5.19. The van der Waals surface area contributed by atoms with Gasteiger partial charge in [0.1, 0.15) is 5.82 Å². The molecule has 6 heteroatoms. The van der Waals surface area contributed by atoms with E-state index >= 15 is 0 Å². The number of imidazole rings is 1. The van der Waals surface area contributed by atoms with E-state index in [1.165, 1.54) is 5.52 Å². The molecule has 1 aromatic heterocycles. The van der Waals surface area contributed by atoms with Crippen molar-refractivity contribution in [1.82, 2.24) is 19.4 Å². The fraction of sp³-hybridized carbons (Fsp3) is 0.609. The van der Waals surface area contributed by atoms with E-state index in [0.717, 1.165) is 63.1 Å². The fourth-order valence-electron chi connectivity index (χ4n) is 4.98. The maximum Gasteiger partial charge on any atom is 0.227 e. The van der Waals surface area contributed by atoms with E-state index in [4.69, 9.17) is 4.98 Å². The molecule has 0 unspecified atom stereocenters. The number of amides is 2. The van der Waals surface area contributed by atoms with Crippen LogP contribution in [-0.4, -0.2) is 57.3 Å². The van der Waals surface area contributed by atoms with Crippen LogP contribution < -0.4 is 0 Å². The highest BCUT2D eigenvalue weighted by atomic mass is 16.2. The van der Waals surface area contributed by atoms with Crippen LogP contribution >= 0.6 is 0 Å². The molecule has 1 atom stereocenters. The van der Waals surface area contributed by atoms with E-state index in [9.17, 15) is 9.59 Å². The number of aromatic nitrogens is 2. The van der Waals surface area contributed by atoms with Gasteiger partial charge in [-0.2, -0.15) is 0 Å². The minimum Gasteiger partial charge on any atom is -0.342 e. The number of fused-ring (bicyclic) bond motifs is 1. The average molecular weight is 397 g/mol. The first-order valence-corrected chi connectivity index (χ1v) is 11.1. The maximum absolute atomic E-state index is 13.1. The monoisotopic (exact) mass is 396 g/mol. The largest absolute Gasteiger partial charge is 0.342 e. The van der Waals surface area contributed by atoms with Crippen molar-refractivity contribution in [3.63, 3.8) is 0 Å². The van der Waals surface area contributed by atoms with Crippen molar-refractivity contribution >= 4 is 22.8 Å². The average Bonchev–Trinajstić information content (AvgIpc) is 3.17. The maximum atomic E-state index is 13.1. The molecule has 2 aliphatic rings. The zero-order chi connectivity index (χ0) is 20.4. The van der Waals surface area contributed by atoms with Gasteiger partial charge in [-0.3, -0.25) is 9.59 Å². The molecule has 29 heavy (non-hydrogen) atoms. The van der Waals surface area contributed by atoms with E-state index < -0.39 is 0 Å². The number of nitrogens with zero attached hydrogens (tertiary/aromatic N) is 4. The van der Waals surface area contributed by atoms with Crippen LogP contribution in [0.3, 0.4) is 0 Å². The Bertz CT molecular complexity index is 882. The van der Waals surface area contributed by atoms with Crippen molar-refractivity contribution in [1.29, 1.82) is 0 Å². The van der Waals surface area contributed by atoms with Gasteiger partial charge in [-0.25, -0.2) is 4.98 Å². The molecule has 2 saturated heterocycles. The lowest BCUT2D eigenvalue weighted by Gasteiger charge is -2.38. The third kappa shape index (κ3) is 3.89. The molecule has 0 N–H and O–H groups in total. The molecule has 0 aliphatic carbocycles. The van der Waals surface area contributed by atoms with Gasteiger partial charge in [-0.1, -0.05) is 26.0 Å². The summed E-state index contributed by atoms with van der Waals surface area (Å²) in [5, 5.41) is 0. The van der Waals surface area contributed by atoms with Gasteiger partial charge in [0, 0.05) is 45.1 Å². The molecular weight excluding hydrogens is 364 g/mol. The van der Waals surface area contributed by atoms with E-state index in [-0.39, 0.29) is 17.7 Å². The van der Waals surface area contributed by atoms with Crippen molar-refractivity contribution in [2.75, 3.05) is 26.2 Å². The van der Waals surface area contributed by atoms with Crippen LogP contribution in [0.25, 0.3) is 11.0 Å². The summed E-state index contributed by atoms with van der Waals surface area (Å²) in [6, 6.07) is 8.74. The fourth-order valence-corrected chi connectivity index (χ4v) is 4.98. The molecule has 1 aromatic carbocycles. The van der Waals surface area contributed by atoms with Gasteiger partial charge in [0.05, 0.1) is 17.0 Å². The Morgan fingerprint density at radius 1 is 1.03 bits per heavy atom. The lowest BCUT2D eigenvalue weighted by molar-refractivity contribution is -0.141. The molecule has 4 rings (SSSR count). The second-order valence-electron chi connectivity index (χ2n) is 8.33. The van der Waals surface area contributed by atoms with E-state index in [2.05, 4.69) is 29.7 Å². The lowest BCUT2D eigenvalue weighted by Crippen LogP contribution is -2.48. The minimum absolute atomic E-state index is 0.0314. The van der Waals surface area contributed by atoms with Gasteiger partial charge in [0.15, 0.2) is 0 Å². The molecule has 0 bridgehead atoms. The number of rotatable bonds is 4. The highest BCUT2D eigenvalue weighted by molar-refractivity contribution is 5.81. The topological polar surface area (TPSA) is 58.4 Å². The molecule has 0 radical (unpaired) electrons. The first kappa shape index (κ1) is 19.9. The second-order valence-corrected chi connectivity index (χ2v) is 8.33. The van der Waals surface area contributed by atoms with Crippen molar-refractivity contribution in [3.8, 4) is 0 Å². The Balaban J connectivity index is 1.42. The number of hydrogen-bond donors (Lipinski definition) is 0. The summed E-state index contributed by atoms with van der Waals surface area (Å²) < 4.78 is 2.40. The Kier molecular flexibility index (Phi) is 5.88. The quantitative estimate of drug-likeness (QED) is 0.796. The number of hydrogen-bond acceptors (Lipinski definition) is 3. The zero-order valence-corrected chi connectivity index (χ0v) is 17.6. The third-order valence-corrected chi connectivity index (χ3v) is 6.55. The van der Waals surface area contributed by atoms with Crippen LogP contribution in [0.4, 0.5) is 0 Å². The number of piperidine rings is 2. The predicted molar refractivity (Wildman–Crippen MR) is 114 cm³/mol. The number of aryl methyl sites for hydroxylation is 1.